The maximum Gasteiger partial charge on any atom is 0.244 e. The van der Waals surface area contributed by atoms with Gasteiger partial charge in [0.05, 0.1) is 24.1 Å². The molecule has 0 heterocycles. The molecule has 0 spiro atoms. The van der Waals surface area contributed by atoms with Crippen molar-refractivity contribution in [1.29, 1.82) is 0 Å². The molecule has 1 aliphatic rings. The highest BCUT2D eigenvalue weighted by Gasteiger charge is 2.34. The number of rotatable bonds is 12. The largest absolute Gasteiger partial charge is 0.495 e. The van der Waals surface area contributed by atoms with Crippen LogP contribution in [0.25, 0.3) is 0 Å². The second-order valence-electron chi connectivity index (χ2n) is 11.1. The summed E-state index contributed by atoms with van der Waals surface area (Å²) in [5, 5.41) is 3.42. The Labute approximate surface area is 260 Å². The number of benzene rings is 3. The van der Waals surface area contributed by atoms with E-state index >= 15 is 0 Å². The lowest BCUT2D eigenvalue weighted by molar-refractivity contribution is -0.140. The van der Waals surface area contributed by atoms with Crippen LogP contribution in [0.4, 0.5) is 5.69 Å². The fourth-order valence-corrected chi connectivity index (χ4v) is 6.51. The Hall–Kier alpha value is -3.56. The first-order valence-corrected chi connectivity index (χ1v) is 16.8. The SMILES string of the molecule is COc1ccc(N(CC(=O)N(Cc2ccc(C)cc2)[C@@H](Cc2ccccc2)C(=O)NC2CCCCC2)S(C)(=O)=O)cc1Cl. The Morgan fingerprint density at radius 1 is 0.977 bits per heavy atom. The quantitative estimate of drug-likeness (QED) is 0.286. The van der Waals surface area contributed by atoms with Crippen molar-refractivity contribution in [2.75, 3.05) is 24.2 Å². The van der Waals surface area contributed by atoms with Gasteiger partial charge in [0.25, 0.3) is 0 Å². The molecule has 3 aromatic carbocycles. The van der Waals surface area contributed by atoms with E-state index in [4.69, 9.17) is 16.3 Å². The van der Waals surface area contributed by atoms with Crippen LogP contribution in [0.1, 0.15) is 48.8 Å². The lowest BCUT2D eigenvalue weighted by atomic mass is 9.94. The number of nitrogens with zero attached hydrogens (tertiary/aromatic N) is 2. The zero-order valence-corrected chi connectivity index (χ0v) is 26.5. The Balaban J connectivity index is 1.72. The third-order valence-electron chi connectivity index (χ3n) is 7.80. The van der Waals surface area contributed by atoms with Crippen molar-refractivity contribution in [3.05, 3.63) is 94.5 Å². The molecule has 2 amide bonds. The maximum atomic E-state index is 14.3. The molecule has 230 valence electrons. The topological polar surface area (TPSA) is 96.0 Å². The monoisotopic (exact) mass is 625 g/mol. The number of nitrogens with one attached hydrogen (secondary N) is 1. The van der Waals surface area contributed by atoms with E-state index in [1.165, 1.54) is 18.1 Å². The molecule has 10 heteroatoms. The van der Waals surface area contributed by atoms with Crippen molar-refractivity contribution in [2.45, 2.75) is 64.1 Å². The van der Waals surface area contributed by atoms with Gasteiger partial charge in [0.15, 0.2) is 0 Å². The van der Waals surface area contributed by atoms with Crippen LogP contribution in [-0.4, -0.2) is 57.1 Å². The smallest absolute Gasteiger partial charge is 0.244 e. The van der Waals surface area contributed by atoms with E-state index in [1.807, 2.05) is 61.5 Å². The Kier molecular flexibility index (Phi) is 11.1. The summed E-state index contributed by atoms with van der Waals surface area (Å²) in [5.41, 5.74) is 3.02. The van der Waals surface area contributed by atoms with Gasteiger partial charge in [-0.3, -0.25) is 13.9 Å². The number of aryl methyl sites for hydroxylation is 1. The third-order valence-corrected chi connectivity index (χ3v) is 9.23. The average molecular weight is 626 g/mol. The minimum absolute atomic E-state index is 0.0461. The van der Waals surface area contributed by atoms with Crippen LogP contribution in [-0.2, 0) is 32.6 Å². The molecule has 8 nitrogen and oxygen atoms in total. The number of ether oxygens (including phenoxy) is 1. The molecule has 0 bridgehead atoms. The van der Waals surface area contributed by atoms with E-state index in [1.54, 1.807) is 12.1 Å². The number of halogens is 1. The average Bonchev–Trinajstić information content (AvgIpc) is 2.99. The number of anilines is 1. The molecule has 0 aromatic heterocycles. The molecule has 0 aliphatic heterocycles. The molecule has 1 N–H and O–H groups in total. The Morgan fingerprint density at radius 2 is 1.65 bits per heavy atom. The standard InChI is InChI=1S/C33H40ClN3O5S/c1-24-14-16-26(17-15-24)22-36(32(38)23-37(43(3,40)41)28-18-19-31(42-2)29(34)21-28)30(20-25-10-6-4-7-11-25)33(39)35-27-12-8-5-9-13-27/h4,6-7,10-11,14-19,21,27,30H,5,8-9,12-13,20,22-23H2,1-3H3,(H,35,39)/t30-/m0/s1. The van der Waals surface area contributed by atoms with Crippen molar-refractivity contribution in [3.8, 4) is 5.75 Å². The summed E-state index contributed by atoms with van der Waals surface area (Å²) in [5.74, 6) is -0.360. The van der Waals surface area contributed by atoms with Gasteiger partial charge in [0.2, 0.25) is 21.8 Å². The number of methoxy groups -OCH3 is 1. The molecule has 4 rings (SSSR count). The molecule has 0 saturated heterocycles. The van der Waals surface area contributed by atoms with Crippen LogP contribution in [0.2, 0.25) is 5.02 Å². The van der Waals surface area contributed by atoms with Crippen molar-refractivity contribution >= 4 is 39.1 Å². The van der Waals surface area contributed by atoms with Crippen LogP contribution in [0, 0.1) is 6.92 Å². The van der Waals surface area contributed by atoms with Crippen LogP contribution < -0.4 is 14.4 Å². The summed E-state index contributed by atoms with van der Waals surface area (Å²) >= 11 is 6.32. The van der Waals surface area contributed by atoms with E-state index < -0.39 is 28.5 Å². The van der Waals surface area contributed by atoms with Gasteiger partial charge in [0, 0.05) is 19.0 Å². The highest BCUT2D eigenvalue weighted by Crippen LogP contribution is 2.30. The van der Waals surface area contributed by atoms with Gasteiger partial charge in [-0.1, -0.05) is 91.0 Å². The number of amides is 2. The van der Waals surface area contributed by atoms with Gasteiger partial charge in [-0.05, 0) is 49.1 Å². The summed E-state index contributed by atoms with van der Waals surface area (Å²) in [7, 11) is -2.44. The summed E-state index contributed by atoms with van der Waals surface area (Å²) in [6.45, 7) is 1.61. The predicted molar refractivity (Wildman–Crippen MR) is 171 cm³/mol. The second kappa shape index (κ2) is 14.8. The zero-order chi connectivity index (χ0) is 31.0. The molecule has 3 aromatic rings. The highest BCUT2D eigenvalue weighted by molar-refractivity contribution is 7.92. The fourth-order valence-electron chi connectivity index (χ4n) is 5.41. The first-order valence-electron chi connectivity index (χ1n) is 14.6. The van der Waals surface area contributed by atoms with E-state index in [0.717, 1.165) is 59.4 Å². The van der Waals surface area contributed by atoms with Gasteiger partial charge in [0.1, 0.15) is 18.3 Å². The number of sulfonamides is 1. The fraction of sp³-hybridized carbons (Fsp3) is 0.394. The lowest BCUT2D eigenvalue weighted by Gasteiger charge is -2.35. The maximum absolute atomic E-state index is 14.3. The number of hydrogen-bond donors (Lipinski definition) is 1. The van der Waals surface area contributed by atoms with E-state index in [0.29, 0.717) is 5.75 Å². The van der Waals surface area contributed by atoms with Crippen molar-refractivity contribution < 1.29 is 22.7 Å². The minimum atomic E-state index is -3.90. The van der Waals surface area contributed by atoms with Gasteiger partial charge >= 0.3 is 0 Å². The first-order chi connectivity index (χ1) is 20.5. The molecule has 43 heavy (non-hydrogen) atoms. The van der Waals surface area contributed by atoms with Gasteiger partial charge in [-0.2, -0.15) is 0 Å². The van der Waals surface area contributed by atoms with Crippen LogP contribution >= 0.6 is 11.6 Å². The molecular formula is C33H40ClN3O5S. The van der Waals surface area contributed by atoms with Crippen molar-refractivity contribution in [3.63, 3.8) is 0 Å². The summed E-state index contributed by atoms with van der Waals surface area (Å²) in [4.78, 5) is 29.8. The van der Waals surface area contributed by atoms with Crippen LogP contribution in [0.15, 0.2) is 72.8 Å². The lowest BCUT2D eigenvalue weighted by Crippen LogP contribution is -2.55. The number of hydrogen-bond acceptors (Lipinski definition) is 5. The Bertz CT molecular complexity index is 1490. The van der Waals surface area contributed by atoms with Crippen molar-refractivity contribution in [1.82, 2.24) is 10.2 Å². The van der Waals surface area contributed by atoms with Gasteiger partial charge in [-0.25, -0.2) is 8.42 Å². The van der Waals surface area contributed by atoms with Crippen LogP contribution in [0.5, 0.6) is 5.75 Å². The Morgan fingerprint density at radius 3 is 2.26 bits per heavy atom. The van der Waals surface area contributed by atoms with E-state index in [2.05, 4.69) is 5.32 Å². The summed E-state index contributed by atoms with van der Waals surface area (Å²) in [6.07, 6.45) is 6.37. The normalized spacial score (nSPS) is 14.5. The molecule has 0 radical (unpaired) electrons. The van der Waals surface area contributed by atoms with Crippen molar-refractivity contribution in [2.24, 2.45) is 0 Å². The van der Waals surface area contributed by atoms with Gasteiger partial charge in [-0.15, -0.1) is 0 Å². The first kappa shape index (κ1) is 32.4. The predicted octanol–water partition coefficient (Wildman–Crippen LogP) is 5.51. The summed E-state index contributed by atoms with van der Waals surface area (Å²) < 4.78 is 32.3. The van der Waals surface area contributed by atoms with E-state index in [9.17, 15) is 18.0 Å². The molecule has 1 fully saturated rings. The van der Waals surface area contributed by atoms with Crippen LogP contribution in [0.3, 0.4) is 0 Å². The molecule has 1 atom stereocenters. The highest BCUT2D eigenvalue weighted by atomic mass is 35.5. The summed E-state index contributed by atoms with van der Waals surface area (Å²) in [6, 6.07) is 21.0. The third kappa shape index (κ3) is 8.97. The number of carbonyl (C=O) groups is 2. The molecular weight excluding hydrogens is 586 g/mol. The number of carbonyl (C=O) groups excluding carboxylic acids is 2. The molecule has 1 aliphatic carbocycles. The second-order valence-corrected chi connectivity index (χ2v) is 13.5. The molecule has 0 unspecified atom stereocenters. The van der Waals surface area contributed by atoms with E-state index in [-0.39, 0.29) is 35.6 Å². The van der Waals surface area contributed by atoms with Gasteiger partial charge < -0.3 is 15.0 Å². The minimum Gasteiger partial charge on any atom is -0.495 e. The zero-order valence-electron chi connectivity index (χ0n) is 25.0. The molecule has 1 saturated carbocycles.